The van der Waals surface area contributed by atoms with E-state index in [-0.39, 0.29) is 0 Å². The molecular formula is C17H22N4O. The number of aromatic nitrogens is 3. The fraction of sp³-hybridized carbons (Fsp3) is 0.471. The standard InChI is InChI=1S/C17H22N4O/c1-12-20-15(14-7-3-4-9-18-14)10-17(21-12)19-11-13-6-5-8-16(13)22-2/h3-4,7,9-10,13,16H,5-6,8,11H2,1-2H3,(H,19,20,21). The molecule has 5 heteroatoms. The van der Waals surface area contributed by atoms with Crippen LogP contribution in [0.25, 0.3) is 11.4 Å². The van der Waals surface area contributed by atoms with Crippen LogP contribution in [0.2, 0.25) is 0 Å². The van der Waals surface area contributed by atoms with Crippen molar-refractivity contribution < 1.29 is 4.74 Å². The molecule has 1 fully saturated rings. The van der Waals surface area contributed by atoms with Gasteiger partial charge in [0.2, 0.25) is 0 Å². The van der Waals surface area contributed by atoms with Crippen molar-refractivity contribution >= 4 is 5.82 Å². The molecule has 0 spiro atoms. The number of aryl methyl sites for hydroxylation is 1. The van der Waals surface area contributed by atoms with E-state index in [1.807, 2.05) is 31.2 Å². The number of rotatable bonds is 5. The average Bonchev–Trinajstić information content (AvgIpc) is 3.01. The number of ether oxygens (including phenoxy) is 1. The molecule has 2 aromatic heterocycles. The molecule has 3 rings (SSSR count). The number of hydrogen-bond donors (Lipinski definition) is 1. The second kappa shape index (κ2) is 6.83. The van der Waals surface area contributed by atoms with Crippen molar-refractivity contribution in [2.45, 2.75) is 32.3 Å². The number of pyridine rings is 1. The van der Waals surface area contributed by atoms with Crippen molar-refractivity contribution in [1.29, 1.82) is 0 Å². The second-order valence-electron chi connectivity index (χ2n) is 5.75. The van der Waals surface area contributed by atoms with E-state index in [0.29, 0.717) is 12.0 Å². The summed E-state index contributed by atoms with van der Waals surface area (Å²) in [5.41, 5.74) is 1.72. The molecule has 0 aromatic carbocycles. The largest absolute Gasteiger partial charge is 0.381 e. The number of methoxy groups -OCH3 is 1. The molecule has 1 saturated carbocycles. The summed E-state index contributed by atoms with van der Waals surface area (Å²) in [6, 6.07) is 7.80. The van der Waals surface area contributed by atoms with Gasteiger partial charge in [0.05, 0.1) is 17.5 Å². The molecule has 0 amide bonds. The summed E-state index contributed by atoms with van der Waals surface area (Å²) >= 11 is 0. The Kier molecular flexibility index (Phi) is 4.63. The van der Waals surface area contributed by atoms with Gasteiger partial charge in [0, 0.05) is 31.8 Å². The van der Waals surface area contributed by atoms with Crippen molar-refractivity contribution in [3.8, 4) is 11.4 Å². The number of anilines is 1. The maximum Gasteiger partial charge on any atom is 0.130 e. The van der Waals surface area contributed by atoms with Crippen LogP contribution in [0.15, 0.2) is 30.5 Å². The Morgan fingerprint density at radius 2 is 2.14 bits per heavy atom. The lowest BCUT2D eigenvalue weighted by Crippen LogP contribution is -2.24. The monoisotopic (exact) mass is 298 g/mol. The maximum absolute atomic E-state index is 5.55. The van der Waals surface area contributed by atoms with E-state index in [9.17, 15) is 0 Å². The van der Waals surface area contributed by atoms with Crippen LogP contribution in [0.4, 0.5) is 5.82 Å². The SMILES string of the molecule is COC1CCCC1CNc1cc(-c2ccccn2)nc(C)n1. The minimum absolute atomic E-state index is 0.366. The molecule has 2 unspecified atom stereocenters. The molecule has 116 valence electrons. The zero-order valence-electron chi connectivity index (χ0n) is 13.1. The van der Waals surface area contributed by atoms with Gasteiger partial charge in [-0.2, -0.15) is 0 Å². The highest BCUT2D eigenvalue weighted by atomic mass is 16.5. The van der Waals surface area contributed by atoms with Crippen LogP contribution in [0.3, 0.4) is 0 Å². The van der Waals surface area contributed by atoms with Crippen molar-refractivity contribution in [3.05, 3.63) is 36.3 Å². The normalized spacial score (nSPS) is 21.0. The van der Waals surface area contributed by atoms with Gasteiger partial charge in [0.1, 0.15) is 11.6 Å². The first-order valence-corrected chi connectivity index (χ1v) is 7.80. The second-order valence-corrected chi connectivity index (χ2v) is 5.75. The van der Waals surface area contributed by atoms with E-state index < -0.39 is 0 Å². The fourth-order valence-electron chi connectivity index (χ4n) is 3.09. The predicted octanol–water partition coefficient (Wildman–Crippen LogP) is 3.07. The molecule has 0 aliphatic heterocycles. The van der Waals surface area contributed by atoms with Gasteiger partial charge in [-0.15, -0.1) is 0 Å². The van der Waals surface area contributed by atoms with E-state index in [0.717, 1.165) is 36.0 Å². The van der Waals surface area contributed by atoms with Gasteiger partial charge in [0.25, 0.3) is 0 Å². The summed E-state index contributed by atoms with van der Waals surface area (Å²) in [5.74, 6) is 2.16. The first kappa shape index (κ1) is 14.9. The summed E-state index contributed by atoms with van der Waals surface area (Å²) in [4.78, 5) is 13.3. The zero-order chi connectivity index (χ0) is 15.4. The molecule has 2 aromatic rings. The number of nitrogens with one attached hydrogen (secondary N) is 1. The summed E-state index contributed by atoms with van der Waals surface area (Å²) in [6.45, 7) is 2.79. The van der Waals surface area contributed by atoms with E-state index in [4.69, 9.17) is 4.74 Å². The van der Waals surface area contributed by atoms with Crippen molar-refractivity contribution in [3.63, 3.8) is 0 Å². The minimum Gasteiger partial charge on any atom is -0.381 e. The van der Waals surface area contributed by atoms with Crippen LogP contribution in [-0.4, -0.2) is 34.7 Å². The first-order chi connectivity index (χ1) is 10.8. The van der Waals surface area contributed by atoms with E-state index in [1.165, 1.54) is 12.8 Å². The van der Waals surface area contributed by atoms with Gasteiger partial charge in [0.15, 0.2) is 0 Å². The molecular weight excluding hydrogens is 276 g/mol. The highest BCUT2D eigenvalue weighted by molar-refractivity contribution is 5.58. The van der Waals surface area contributed by atoms with E-state index in [1.54, 1.807) is 13.3 Å². The van der Waals surface area contributed by atoms with Gasteiger partial charge in [-0.3, -0.25) is 4.98 Å². The van der Waals surface area contributed by atoms with Crippen LogP contribution in [0.1, 0.15) is 25.1 Å². The third kappa shape index (κ3) is 3.42. The third-order valence-corrected chi connectivity index (χ3v) is 4.20. The van der Waals surface area contributed by atoms with Crippen LogP contribution in [0.5, 0.6) is 0 Å². The van der Waals surface area contributed by atoms with Gasteiger partial charge < -0.3 is 10.1 Å². The Hall–Kier alpha value is -2.01. The molecule has 1 aliphatic carbocycles. The molecule has 1 N–H and O–H groups in total. The summed E-state index contributed by atoms with van der Waals surface area (Å²) in [7, 11) is 1.80. The Morgan fingerprint density at radius 1 is 1.23 bits per heavy atom. The van der Waals surface area contributed by atoms with Crippen molar-refractivity contribution in [1.82, 2.24) is 15.0 Å². The van der Waals surface area contributed by atoms with Crippen LogP contribution in [-0.2, 0) is 4.74 Å². The van der Waals surface area contributed by atoms with Gasteiger partial charge >= 0.3 is 0 Å². The minimum atomic E-state index is 0.366. The Bertz CT molecular complexity index is 617. The van der Waals surface area contributed by atoms with E-state index >= 15 is 0 Å². The molecule has 0 saturated heterocycles. The van der Waals surface area contributed by atoms with Crippen LogP contribution in [0, 0.1) is 12.8 Å². The number of nitrogens with zero attached hydrogens (tertiary/aromatic N) is 3. The van der Waals surface area contributed by atoms with Gasteiger partial charge in [-0.1, -0.05) is 12.5 Å². The summed E-state index contributed by atoms with van der Waals surface area (Å²) in [5, 5.41) is 3.44. The van der Waals surface area contributed by atoms with E-state index in [2.05, 4.69) is 20.3 Å². The molecule has 22 heavy (non-hydrogen) atoms. The predicted molar refractivity (Wildman–Crippen MR) is 86.6 cm³/mol. The Morgan fingerprint density at radius 3 is 2.91 bits per heavy atom. The van der Waals surface area contributed by atoms with Gasteiger partial charge in [-0.25, -0.2) is 9.97 Å². The van der Waals surface area contributed by atoms with Crippen LogP contribution < -0.4 is 5.32 Å². The maximum atomic E-state index is 5.55. The quantitative estimate of drug-likeness (QED) is 0.919. The highest BCUT2D eigenvalue weighted by Crippen LogP contribution is 2.28. The fourth-order valence-corrected chi connectivity index (χ4v) is 3.09. The molecule has 2 atom stereocenters. The lowest BCUT2D eigenvalue weighted by molar-refractivity contribution is 0.0755. The topological polar surface area (TPSA) is 59.9 Å². The Labute approximate surface area is 131 Å². The zero-order valence-corrected chi connectivity index (χ0v) is 13.1. The highest BCUT2D eigenvalue weighted by Gasteiger charge is 2.26. The number of hydrogen-bond acceptors (Lipinski definition) is 5. The molecule has 0 radical (unpaired) electrons. The molecule has 1 aliphatic rings. The third-order valence-electron chi connectivity index (χ3n) is 4.20. The summed E-state index contributed by atoms with van der Waals surface area (Å²) < 4.78 is 5.55. The van der Waals surface area contributed by atoms with Crippen molar-refractivity contribution in [2.75, 3.05) is 19.0 Å². The summed E-state index contributed by atoms with van der Waals surface area (Å²) in [6.07, 6.45) is 5.76. The lowest BCUT2D eigenvalue weighted by atomic mass is 10.1. The smallest absolute Gasteiger partial charge is 0.130 e. The van der Waals surface area contributed by atoms with Gasteiger partial charge in [-0.05, 0) is 31.9 Å². The van der Waals surface area contributed by atoms with Crippen molar-refractivity contribution in [2.24, 2.45) is 5.92 Å². The van der Waals surface area contributed by atoms with Crippen LogP contribution >= 0.6 is 0 Å². The average molecular weight is 298 g/mol. The molecule has 5 nitrogen and oxygen atoms in total. The molecule has 2 heterocycles. The lowest BCUT2D eigenvalue weighted by Gasteiger charge is -2.19. The molecule has 0 bridgehead atoms. The first-order valence-electron chi connectivity index (χ1n) is 7.80. The Balaban J connectivity index is 1.73.